The fraction of sp³-hybridized carbons (Fsp3) is 0.516. The Labute approximate surface area is 244 Å². The lowest BCUT2D eigenvalue weighted by Gasteiger charge is -2.36. The van der Waals surface area contributed by atoms with E-state index in [9.17, 15) is 18.4 Å². The topological polar surface area (TPSA) is 96.1 Å². The van der Waals surface area contributed by atoms with Crippen LogP contribution < -0.4 is 10.6 Å². The first kappa shape index (κ1) is 30.9. The number of aromatic amines is 1. The second kappa shape index (κ2) is 13.3. The van der Waals surface area contributed by atoms with Gasteiger partial charge in [-0.15, -0.1) is 0 Å². The fourth-order valence-corrected chi connectivity index (χ4v) is 5.79. The second-order valence-corrected chi connectivity index (χ2v) is 11.9. The van der Waals surface area contributed by atoms with E-state index in [-0.39, 0.29) is 18.4 Å². The molecule has 3 atom stereocenters. The fourth-order valence-electron chi connectivity index (χ4n) is 5.52. The Bertz CT molecular complexity index is 1360. The van der Waals surface area contributed by atoms with Gasteiger partial charge in [0, 0.05) is 18.6 Å². The van der Waals surface area contributed by atoms with Crippen LogP contribution in [0.4, 0.5) is 8.78 Å². The molecule has 1 saturated carbocycles. The van der Waals surface area contributed by atoms with E-state index in [0.717, 1.165) is 46.7 Å². The minimum Gasteiger partial charge on any atom is -0.383 e. The number of amides is 2. The Kier molecular flexibility index (Phi) is 10.0. The summed E-state index contributed by atoms with van der Waals surface area (Å²) in [7, 11) is 1.51. The van der Waals surface area contributed by atoms with E-state index in [1.807, 2.05) is 42.5 Å². The summed E-state index contributed by atoms with van der Waals surface area (Å²) in [6.07, 6.45) is 0.437. The molecule has 0 saturated heterocycles. The Morgan fingerprint density at radius 3 is 2.54 bits per heavy atom. The van der Waals surface area contributed by atoms with E-state index in [1.54, 1.807) is 6.92 Å². The quantitative estimate of drug-likeness (QED) is 0.236. The van der Waals surface area contributed by atoms with Crippen LogP contribution in [0.25, 0.3) is 11.0 Å². The molecule has 1 aliphatic rings. The van der Waals surface area contributed by atoms with Gasteiger partial charge in [-0.2, -0.15) is 0 Å². The molecule has 0 radical (unpaired) electrons. The minimum absolute atomic E-state index is 0.0588. The van der Waals surface area contributed by atoms with Crippen LogP contribution in [0.2, 0.25) is 5.02 Å². The molecule has 7 nitrogen and oxygen atoms in total. The maximum atomic E-state index is 13.7. The van der Waals surface area contributed by atoms with E-state index in [1.165, 1.54) is 7.11 Å². The summed E-state index contributed by atoms with van der Waals surface area (Å²) in [4.78, 5) is 34.7. The lowest BCUT2D eigenvalue weighted by atomic mass is 9.77. The van der Waals surface area contributed by atoms with Crippen molar-refractivity contribution >= 4 is 34.4 Å². The van der Waals surface area contributed by atoms with Gasteiger partial charge in [-0.25, -0.2) is 13.8 Å². The van der Waals surface area contributed by atoms with Gasteiger partial charge in [0.25, 0.3) is 6.43 Å². The van der Waals surface area contributed by atoms with Crippen molar-refractivity contribution in [1.29, 1.82) is 0 Å². The van der Waals surface area contributed by atoms with E-state index in [2.05, 4.69) is 29.5 Å². The van der Waals surface area contributed by atoms with Gasteiger partial charge in [0.1, 0.15) is 11.9 Å². The predicted molar refractivity (Wildman–Crippen MR) is 156 cm³/mol. The normalized spacial score (nSPS) is 16.8. The summed E-state index contributed by atoms with van der Waals surface area (Å²) in [6, 6.07) is 12.6. The third-order valence-corrected chi connectivity index (χ3v) is 8.59. The van der Waals surface area contributed by atoms with Gasteiger partial charge >= 0.3 is 0 Å². The van der Waals surface area contributed by atoms with Crippen molar-refractivity contribution in [3.63, 3.8) is 0 Å². The van der Waals surface area contributed by atoms with E-state index < -0.39 is 36.2 Å². The summed E-state index contributed by atoms with van der Waals surface area (Å²) in [5, 5.41) is 5.87. The number of alkyl halides is 2. The Morgan fingerprint density at radius 2 is 1.93 bits per heavy atom. The third-order valence-electron chi connectivity index (χ3n) is 8.25. The maximum absolute atomic E-state index is 13.7. The second-order valence-electron chi connectivity index (χ2n) is 11.5. The van der Waals surface area contributed by atoms with Gasteiger partial charge in [-0.05, 0) is 66.8 Å². The van der Waals surface area contributed by atoms with Crippen LogP contribution in [0.15, 0.2) is 42.5 Å². The smallest absolute Gasteiger partial charge is 0.255 e. The number of hydrogen-bond donors (Lipinski definition) is 3. The molecule has 0 bridgehead atoms. The highest BCUT2D eigenvalue weighted by atomic mass is 35.5. The lowest BCUT2D eigenvalue weighted by molar-refractivity contribution is -0.135. The number of hydrogen-bond acceptors (Lipinski definition) is 4. The zero-order valence-corrected chi connectivity index (χ0v) is 24.7. The molecule has 1 aliphatic carbocycles. The van der Waals surface area contributed by atoms with Crippen molar-refractivity contribution in [2.45, 2.75) is 70.3 Å². The monoisotopic (exact) mass is 588 g/mol. The first-order valence-electron chi connectivity index (χ1n) is 14.1. The number of halogens is 3. The number of nitrogens with zero attached hydrogens (tertiary/aromatic N) is 1. The highest BCUT2D eigenvalue weighted by Gasteiger charge is 2.41. The van der Waals surface area contributed by atoms with Crippen LogP contribution in [-0.2, 0) is 26.2 Å². The third kappa shape index (κ3) is 7.07. The van der Waals surface area contributed by atoms with Crippen LogP contribution in [0, 0.1) is 11.8 Å². The summed E-state index contributed by atoms with van der Waals surface area (Å²) in [6.45, 7) is 5.39. The van der Waals surface area contributed by atoms with Crippen molar-refractivity contribution in [2.75, 3.05) is 20.3 Å². The van der Waals surface area contributed by atoms with Crippen LogP contribution in [0.5, 0.6) is 0 Å². The van der Waals surface area contributed by atoms with Gasteiger partial charge in [0.2, 0.25) is 11.8 Å². The highest BCUT2D eigenvalue weighted by molar-refractivity contribution is 6.31. The van der Waals surface area contributed by atoms with Crippen LogP contribution in [0.3, 0.4) is 0 Å². The standard InChI is InChI=1S/C31H39ClF2N4O3/c1-18(2)22(21-10-5-6-11-23(21)32)15-27-36-24-13-12-20(14-25(24)37-27)31(3,17-41-4)30(40)38-28(19-8-7-9-19)29(39)35-16-26(33)34/h5-6,10-14,18-19,22,26,28H,7-9,15-17H2,1-4H3,(H,35,39)(H,36,37)(H,38,40)/t22-,28+,31?/m0/s1. The van der Waals surface area contributed by atoms with E-state index in [4.69, 9.17) is 21.3 Å². The highest BCUT2D eigenvalue weighted by Crippen LogP contribution is 2.34. The molecule has 41 heavy (non-hydrogen) atoms. The van der Waals surface area contributed by atoms with Gasteiger partial charge in [-0.1, -0.05) is 56.1 Å². The number of carbonyl (C=O) groups is 2. The average Bonchev–Trinajstić information content (AvgIpc) is 3.31. The number of fused-ring (bicyclic) bond motifs is 1. The Balaban J connectivity index is 1.59. The van der Waals surface area contributed by atoms with Crippen molar-refractivity contribution in [3.05, 3.63) is 64.4 Å². The number of aromatic nitrogens is 2. The van der Waals surface area contributed by atoms with Gasteiger partial charge in [0.15, 0.2) is 0 Å². The molecule has 2 aromatic carbocycles. The predicted octanol–water partition coefficient (Wildman–Crippen LogP) is 5.77. The SMILES string of the molecule is COCC(C)(C(=O)N[C@@H](C(=O)NCC(F)F)C1CCC1)c1ccc2nc(C[C@H](c3ccccc3Cl)C(C)C)[nH]c2c1. The molecule has 10 heteroatoms. The number of rotatable bonds is 13. The van der Waals surface area contributed by atoms with Gasteiger partial charge < -0.3 is 20.4 Å². The molecular formula is C31H39ClF2N4O3. The van der Waals surface area contributed by atoms with Crippen molar-refractivity contribution in [1.82, 2.24) is 20.6 Å². The molecule has 1 fully saturated rings. The summed E-state index contributed by atoms with van der Waals surface area (Å²) < 4.78 is 30.9. The minimum atomic E-state index is -2.66. The first-order chi connectivity index (χ1) is 19.5. The Morgan fingerprint density at radius 1 is 1.20 bits per heavy atom. The molecule has 2 amide bonds. The largest absolute Gasteiger partial charge is 0.383 e. The van der Waals surface area contributed by atoms with Crippen molar-refractivity contribution in [2.24, 2.45) is 11.8 Å². The van der Waals surface area contributed by atoms with Crippen LogP contribution >= 0.6 is 11.6 Å². The van der Waals surface area contributed by atoms with Crippen LogP contribution in [-0.4, -0.2) is 54.5 Å². The van der Waals surface area contributed by atoms with Gasteiger partial charge in [-0.3, -0.25) is 9.59 Å². The zero-order chi connectivity index (χ0) is 29.7. The molecule has 1 aromatic heterocycles. The number of methoxy groups -OCH3 is 1. The number of H-pyrrole nitrogens is 1. The molecule has 222 valence electrons. The summed E-state index contributed by atoms with van der Waals surface area (Å²) >= 11 is 6.52. The zero-order valence-electron chi connectivity index (χ0n) is 24.0. The average molecular weight is 589 g/mol. The van der Waals surface area contributed by atoms with Crippen molar-refractivity contribution in [3.8, 4) is 0 Å². The number of imidazole rings is 1. The molecule has 1 heterocycles. The Hall–Kier alpha value is -3.04. The molecular weight excluding hydrogens is 550 g/mol. The summed E-state index contributed by atoms with van der Waals surface area (Å²) in [5.41, 5.74) is 2.17. The van der Waals surface area contributed by atoms with E-state index in [0.29, 0.717) is 17.9 Å². The molecule has 3 N–H and O–H groups in total. The molecule has 0 spiro atoms. The van der Waals surface area contributed by atoms with E-state index >= 15 is 0 Å². The lowest BCUT2D eigenvalue weighted by Crippen LogP contribution is -2.57. The molecule has 4 rings (SSSR count). The first-order valence-corrected chi connectivity index (χ1v) is 14.5. The molecule has 0 aliphatic heterocycles. The van der Waals surface area contributed by atoms with Crippen molar-refractivity contribution < 1.29 is 23.1 Å². The van der Waals surface area contributed by atoms with Gasteiger partial charge in [0.05, 0.1) is 29.6 Å². The maximum Gasteiger partial charge on any atom is 0.255 e. The number of carbonyl (C=O) groups excluding carboxylic acids is 2. The number of ether oxygens (including phenoxy) is 1. The molecule has 1 unspecified atom stereocenters. The molecule has 3 aromatic rings. The summed E-state index contributed by atoms with van der Waals surface area (Å²) in [5.74, 6) is 0.223. The van der Waals surface area contributed by atoms with Crippen LogP contribution in [0.1, 0.15) is 62.9 Å². The number of nitrogens with one attached hydrogen (secondary N) is 3. The number of benzene rings is 2.